The van der Waals surface area contributed by atoms with E-state index in [0.29, 0.717) is 13.1 Å². The zero-order valence-corrected chi connectivity index (χ0v) is 21.2. The zero-order valence-electron chi connectivity index (χ0n) is 21.2. The van der Waals surface area contributed by atoms with Gasteiger partial charge < -0.3 is 10.2 Å². The van der Waals surface area contributed by atoms with Gasteiger partial charge in [0.2, 0.25) is 5.91 Å². The Morgan fingerprint density at radius 1 is 0.946 bits per heavy atom. The number of pyridine rings is 1. The summed E-state index contributed by atoms with van der Waals surface area (Å²) in [5, 5.41) is 8.49. The average molecular weight is 492 g/mol. The van der Waals surface area contributed by atoms with Gasteiger partial charge in [0.1, 0.15) is 12.1 Å². The number of anilines is 1. The van der Waals surface area contributed by atoms with Crippen LogP contribution in [0.4, 0.5) is 5.82 Å². The van der Waals surface area contributed by atoms with Gasteiger partial charge in [0.25, 0.3) is 0 Å². The molecule has 0 unspecified atom stereocenters. The van der Waals surface area contributed by atoms with Crippen LogP contribution in [0.1, 0.15) is 22.6 Å². The zero-order chi connectivity index (χ0) is 25.8. The number of aryl methyl sites for hydroxylation is 2. The normalized spacial score (nSPS) is 11.0. The lowest BCUT2D eigenvalue weighted by atomic mass is 10.0. The minimum absolute atomic E-state index is 0.0283. The van der Waals surface area contributed by atoms with E-state index in [2.05, 4.69) is 55.7 Å². The molecule has 0 bridgehead atoms. The van der Waals surface area contributed by atoms with Gasteiger partial charge in [-0.15, -0.1) is 0 Å². The first-order valence-corrected chi connectivity index (χ1v) is 12.2. The first-order valence-electron chi connectivity index (χ1n) is 12.2. The van der Waals surface area contributed by atoms with E-state index in [0.717, 1.165) is 50.5 Å². The van der Waals surface area contributed by atoms with Crippen LogP contribution in [-0.2, 0) is 31.4 Å². The topological polar surface area (TPSA) is 88.8 Å². The van der Waals surface area contributed by atoms with Crippen LogP contribution in [0.3, 0.4) is 0 Å². The number of aromatic nitrogens is 5. The maximum absolute atomic E-state index is 13.5. The van der Waals surface area contributed by atoms with Crippen LogP contribution in [0.5, 0.6) is 0 Å². The molecule has 3 heterocycles. The molecule has 5 rings (SSSR count). The minimum Gasteiger partial charge on any atom is -0.373 e. The molecule has 0 fully saturated rings. The van der Waals surface area contributed by atoms with Gasteiger partial charge in [-0.25, -0.2) is 9.97 Å². The number of nitrogens with zero attached hydrogens (tertiary/aromatic N) is 6. The molecule has 2 aromatic carbocycles. The van der Waals surface area contributed by atoms with Gasteiger partial charge >= 0.3 is 0 Å². The number of rotatable bonds is 8. The molecule has 0 aliphatic rings. The third-order valence-electron chi connectivity index (χ3n) is 6.37. The van der Waals surface area contributed by atoms with Crippen molar-refractivity contribution >= 4 is 22.6 Å². The monoisotopic (exact) mass is 491 g/mol. The van der Waals surface area contributed by atoms with Gasteiger partial charge in [0.15, 0.2) is 0 Å². The van der Waals surface area contributed by atoms with Crippen LogP contribution in [0, 0.1) is 6.92 Å². The quantitative estimate of drug-likeness (QED) is 0.343. The van der Waals surface area contributed by atoms with E-state index >= 15 is 0 Å². The second-order valence-corrected chi connectivity index (χ2v) is 9.05. The number of benzene rings is 2. The molecular formula is C29H29N7O. The Morgan fingerprint density at radius 2 is 1.81 bits per heavy atom. The predicted molar refractivity (Wildman–Crippen MR) is 145 cm³/mol. The fraction of sp³-hybridized carbons (Fsp3) is 0.207. The lowest BCUT2D eigenvalue weighted by molar-refractivity contribution is -0.131. The molecule has 1 amide bonds. The van der Waals surface area contributed by atoms with Gasteiger partial charge in [-0.1, -0.05) is 30.3 Å². The Morgan fingerprint density at radius 3 is 2.57 bits per heavy atom. The second kappa shape index (κ2) is 10.6. The van der Waals surface area contributed by atoms with Crippen molar-refractivity contribution in [1.82, 2.24) is 29.6 Å². The van der Waals surface area contributed by atoms with Crippen LogP contribution < -0.4 is 5.32 Å². The highest BCUT2D eigenvalue weighted by molar-refractivity contribution is 5.92. The molecule has 8 nitrogen and oxygen atoms in total. The third-order valence-corrected chi connectivity index (χ3v) is 6.37. The number of carbonyl (C=O) groups is 1. The molecule has 0 saturated heterocycles. The Labute approximate surface area is 216 Å². The Bertz CT molecular complexity index is 1550. The molecule has 8 heteroatoms. The maximum Gasteiger partial charge on any atom is 0.229 e. The second-order valence-electron chi connectivity index (χ2n) is 9.05. The van der Waals surface area contributed by atoms with Crippen molar-refractivity contribution in [2.24, 2.45) is 7.05 Å². The molecule has 37 heavy (non-hydrogen) atoms. The van der Waals surface area contributed by atoms with E-state index in [1.54, 1.807) is 17.2 Å². The average Bonchev–Trinajstić information content (AvgIpc) is 3.24. The highest BCUT2D eigenvalue weighted by atomic mass is 16.2. The molecule has 0 saturated carbocycles. The minimum atomic E-state index is 0.0283. The van der Waals surface area contributed by atoms with Crippen molar-refractivity contribution in [1.29, 1.82) is 0 Å². The van der Waals surface area contributed by atoms with E-state index in [9.17, 15) is 4.79 Å². The lowest BCUT2D eigenvalue weighted by Crippen LogP contribution is -2.32. The first-order chi connectivity index (χ1) is 18.0. The number of hydrogen-bond acceptors (Lipinski definition) is 6. The molecule has 0 aliphatic carbocycles. The SMILES string of the molecule is CNc1ncnc2ccc(-c3cccc(CN(Cc4ccccn4)C(=O)Cc4cc(C)nn4C)c3)cc12. The first kappa shape index (κ1) is 24.1. The van der Waals surface area contributed by atoms with Gasteiger partial charge in [0, 0.05) is 37.9 Å². The van der Waals surface area contributed by atoms with Crippen molar-refractivity contribution < 1.29 is 4.79 Å². The number of hydrogen-bond donors (Lipinski definition) is 1. The summed E-state index contributed by atoms with van der Waals surface area (Å²) in [6.07, 6.45) is 3.60. The summed E-state index contributed by atoms with van der Waals surface area (Å²) in [5.41, 5.74) is 6.70. The summed E-state index contributed by atoms with van der Waals surface area (Å²) in [5.74, 6) is 0.820. The van der Waals surface area contributed by atoms with E-state index < -0.39 is 0 Å². The van der Waals surface area contributed by atoms with Crippen molar-refractivity contribution in [3.63, 3.8) is 0 Å². The molecule has 1 N–H and O–H groups in total. The Balaban J connectivity index is 1.43. The molecule has 5 aromatic rings. The predicted octanol–water partition coefficient (Wildman–Crippen LogP) is 4.55. The van der Waals surface area contributed by atoms with Crippen LogP contribution in [0.25, 0.3) is 22.0 Å². The van der Waals surface area contributed by atoms with Crippen molar-refractivity contribution in [2.75, 3.05) is 12.4 Å². The number of nitrogens with one attached hydrogen (secondary N) is 1. The van der Waals surface area contributed by atoms with Crippen molar-refractivity contribution in [3.8, 4) is 11.1 Å². The van der Waals surface area contributed by atoms with E-state index in [-0.39, 0.29) is 12.3 Å². The van der Waals surface area contributed by atoms with E-state index in [4.69, 9.17) is 0 Å². The lowest BCUT2D eigenvalue weighted by Gasteiger charge is -2.23. The van der Waals surface area contributed by atoms with Crippen LogP contribution >= 0.6 is 0 Å². The summed E-state index contributed by atoms with van der Waals surface area (Å²) in [7, 11) is 3.73. The summed E-state index contributed by atoms with van der Waals surface area (Å²) in [4.78, 5) is 28.5. The fourth-order valence-electron chi connectivity index (χ4n) is 4.52. The summed E-state index contributed by atoms with van der Waals surface area (Å²) in [6, 6.07) is 22.2. The van der Waals surface area contributed by atoms with E-state index in [1.165, 1.54) is 0 Å². The largest absolute Gasteiger partial charge is 0.373 e. The molecule has 186 valence electrons. The number of fused-ring (bicyclic) bond motifs is 1. The standard InChI is InChI=1S/C29H29N7O/c1-20-13-25(35(3)34-20)16-28(37)36(18-24-9-4-5-12-31-24)17-21-7-6-8-22(14-21)23-10-11-27-26(15-23)29(30-2)33-19-32-27/h4-15,19H,16-18H2,1-3H3,(H,30,32,33). The van der Waals surface area contributed by atoms with Crippen LogP contribution in [-0.4, -0.2) is 42.6 Å². The number of carbonyl (C=O) groups excluding carboxylic acids is 1. The maximum atomic E-state index is 13.5. The van der Waals surface area contributed by atoms with Gasteiger partial charge in [-0.3, -0.25) is 14.5 Å². The van der Waals surface area contributed by atoms with Gasteiger partial charge in [0.05, 0.1) is 29.9 Å². The van der Waals surface area contributed by atoms with Crippen molar-refractivity contribution in [3.05, 3.63) is 102 Å². The molecule has 0 radical (unpaired) electrons. The Kier molecular flexibility index (Phi) is 6.89. The molecule has 0 spiro atoms. The summed E-state index contributed by atoms with van der Waals surface area (Å²) >= 11 is 0. The van der Waals surface area contributed by atoms with Gasteiger partial charge in [-0.05, 0) is 60.0 Å². The van der Waals surface area contributed by atoms with Crippen LogP contribution in [0.15, 0.2) is 79.3 Å². The van der Waals surface area contributed by atoms with Gasteiger partial charge in [-0.2, -0.15) is 5.10 Å². The highest BCUT2D eigenvalue weighted by Gasteiger charge is 2.18. The smallest absolute Gasteiger partial charge is 0.229 e. The Hall–Kier alpha value is -4.59. The van der Waals surface area contributed by atoms with Crippen molar-refractivity contribution in [2.45, 2.75) is 26.4 Å². The fourth-order valence-corrected chi connectivity index (χ4v) is 4.52. The molecule has 0 atom stereocenters. The van der Waals surface area contributed by atoms with E-state index in [1.807, 2.05) is 62.3 Å². The summed E-state index contributed by atoms with van der Waals surface area (Å²) in [6.45, 7) is 2.84. The summed E-state index contributed by atoms with van der Waals surface area (Å²) < 4.78 is 1.77. The molecule has 3 aromatic heterocycles. The highest BCUT2D eigenvalue weighted by Crippen LogP contribution is 2.28. The number of amides is 1. The molecular weight excluding hydrogens is 462 g/mol. The third kappa shape index (κ3) is 5.48. The molecule has 0 aliphatic heterocycles. The van der Waals surface area contributed by atoms with Crippen LogP contribution in [0.2, 0.25) is 0 Å².